The van der Waals surface area contributed by atoms with Crippen LogP contribution in [0.5, 0.6) is 0 Å². The number of nitrogens with zero attached hydrogens (tertiary/aromatic N) is 1. The van der Waals surface area contributed by atoms with Gasteiger partial charge >= 0.3 is 0 Å². The molecule has 0 radical (unpaired) electrons. The molecule has 0 aliphatic carbocycles. The van der Waals surface area contributed by atoms with Crippen LogP contribution in [0.3, 0.4) is 0 Å². The molecule has 3 nitrogen and oxygen atoms in total. The number of benzene rings is 1. The Morgan fingerprint density at radius 1 is 1.58 bits per heavy atom. The predicted molar refractivity (Wildman–Crippen MR) is 75.3 cm³/mol. The van der Waals surface area contributed by atoms with Crippen LogP contribution in [0, 0.1) is 12.8 Å². The third-order valence-electron chi connectivity index (χ3n) is 3.50. The molecule has 19 heavy (non-hydrogen) atoms. The van der Waals surface area contributed by atoms with E-state index < -0.39 is 0 Å². The SMILES string of the molecule is Cc1c(Cl)cccc1NC(=O)CN1CCC(CF)C1. The maximum Gasteiger partial charge on any atom is 0.238 e. The number of alkyl halides is 1. The average Bonchev–Trinajstić information content (AvgIpc) is 2.82. The summed E-state index contributed by atoms with van der Waals surface area (Å²) in [6.07, 6.45) is 0.833. The first-order valence-electron chi connectivity index (χ1n) is 6.43. The average molecular weight is 285 g/mol. The van der Waals surface area contributed by atoms with Crippen molar-refractivity contribution in [1.82, 2.24) is 4.90 Å². The lowest BCUT2D eigenvalue weighted by atomic mass is 10.1. The number of anilines is 1. The second-order valence-electron chi connectivity index (χ2n) is 5.00. The van der Waals surface area contributed by atoms with E-state index in [2.05, 4.69) is 5.32 Å². The number of amides is 1. The van der Waals surface area contributed by atoms with Gasteiger partial charge in [-0.15, -0.1) is 0 Å². The molecule has 1 aliphatic rings. The highest BCUT2D eigenvalue weighted by Gasteiger charge is 2.23. The van der Waals surface area contributed by atoms with Crippen LogP contribution in [0.4, 0.5) is 10.1 Å². The maximum absolute atomic E-state index is 12.5. The first kappa shape index (κ1) is 14.3. The molecule has 2 rings (SSSR count). The van der Waals surface area contributed by atoms with E-state index in [1.54, 1.807) is 12.1 Å². The molecule has 0 spiro atoms. The highest BCUT2D eigenvalue weighted by molar-refractivity contribution is 6.31. The number of halogens is 2. The van der Waals surface area contributed by atoms with Crippen molar-refractivity contribution in [2.24, 2.45) is 5.92 Å². The molecule has 1 amide bonds. The second kappa shape index (κ2) is 6.35. The summed E-state index contributed by atoms with van der Waals surface area (Å²) < 4.78 is 12.5. The molecule has 1 aromatic rings. The van der Waals surface area contributed by atoms with Crippen LogP contribution in [0.15, 0.2) is 18.2 Å². The Hall–Kier alpha value is -1.13. The van der Waals surface area contributed by atoms with Gasteiger partial charge in [0.15, 0.2) is 0 Å². The molecule has 1 atom stereocenters. The van der Waals surface area contributed by atoms with Gasteiger partial charge in [0.25, 0.3) is 0 Å². The molecule has 1 heterocycles. The molecular formula is C14H18ClFN2O. The van der Waals surface area contributed by atoms with Gasteiger partial charge in [-0.2, -0.15) is 0 Å². The van der Waals surface area contributed by atoms with Crippen molar-refractivity contribution < 1.29 is 9.18 Å². The topological polar surface area (TPSA) is 32.3 Å². The zero-order chi connectivity index (χ0) is 13.8. The Bertz CT molecular complexity index is 467. The first-order valence-corrected chi connectivity index (χ1v) is 6.81. The molecule has 0 bridgehead atoms. The lowest BCUT2D eigenvalue weighted by Gasteiger charge is -2.16. The van der Waals surface area contributed by atoms with Crippen LogP contribution in [0.1, 0.15) is 12.0 Å². The summed E-state index contributed by atoms with van der Waals surface area (Å²) in [5.41, 5.74) is 1.60. The third-order valence-corrected chi connectivity index (χ3v) is 3.91. The highest BCUT2D eigenvalue weighted by Crippen LogP contribution is 2.23. The summed E-state index contributed by atoms with van der Waals surface area (Å²) in [7, 11) is 0. The Morgan fingerprint density at radius 2 is 2.37 bits per heavy atom. The van der Waals surface area contributed by atoms with Gasteiger partial charge in [-0.25, -0.2) is 0 Å². The Morgan fingerprint density at radius 3 is 3.05 bits per heavy atom. The minimum atomic E-state index is -0.300. The van der Waals surface area contributed by atoms with Crippen molar-refractivity contribution in [3.63, 3.8) is 0 Å². The fourth-order valence-corrected chi connectivity index (χ4v) is 2.49. The van der Waals surface area contributed by atoms with Gasteiger partial charge in [0.05, 0.1) is 13.2 Å². The quantitative estimate of drug-likeness (QED) is 0.922. The van der Waals surface area contributed by atoms with Gasteiger partial charge in [0.2, 0.25) is 5.91 Å². The second-order valence-corrected chi connectivity index (χ2v) is 5.41. The minimum absolute atomic E-state index is 0.0788. The lowest BCUT2D eigenvalue weighted by molar-refractivity contribution is -0.117. The van der Waals surface area contributed by atoms with E-state index in [9.17, 15) is 9.18 Å². The van der Waals surface area contributed by atoms with Gasteiger partial charge in [-0.1, -0.05) is 17.7 Å². The van der Waals surface area contributed by atoms with E-state index in [0.29, 0.717) is 18.1 Å². The van der Waals surface area contributed by atoms with Crippen LogP contribution in [-0.4, -0.2) is 37.1 Å². The lowest BCUT2D eigenvalue weighted by Crippen LogP contribution is -2.31. The Labute approximate surface area is 117 Å². The Balaban J connectivity index is 1.89. The van der Waals surface area contributed by atoms with E-state index >= 15 is 0 Å². The van der Waals surface area contributed by atoms with E-state index in [1.165, 1.54) is 0 Å². The monoisotopic (exact) mass is 284 g/mol. The summed E-state index contributed by atoms with van der Waals surface area (Å²) in [5, 5.41) is 3.49. The molecule has 104 valence electrons. The van der Waals surface area contributed by atoms with Crippen molar-refractivity contribution in [3.8, 4) is 0 Å². The number of carbonyl (C=O) groups is 1. The van der Waals surface area contributed by atoms with Gasteiger partial charge in [-0.3, -0.25) is 14.1 Å². The van der Waals surface area contributed by atoms with Gasteiger partial charge in [0, 0.05) is 23.2 Å². The van der Waals surface area contributed by atoms with Crippen LogP contribution < -0.4 is 5.32 Å². The summed E-state index contributed by atoms with van der Waals surface area (Å²) in [4.78, 5) is 13.9. The number of rotatable bonds is 4. The normalized spacial score (nSPS) is 19.6. The molecule has 0 aromatic heterocycles. The van der Waals surface area contributed by atoms with Gasteiger partial charge in [-0.05, 0) is 37.6 Å². The summed E-state index contributed by atoms with van der Waals surface area (Å²) >= 11 is 6.00. The molecule has 0 saturated carbocycles. The van der Waals surface area contributed by atoms with Crippen LogP contribution in [0.2, 0.25) is 5.02 Å². The molecule has 1 fully saturated rings. The van der Waals surface area contributed by atoms with Crippen molar-refractivity contribution in [2.75, 3.05) is 31.6 Å². The van der Waals surface area contributed by atoms with E-state index in [-0.39, 0.29) is 18.5 Å². The van der Waals surface area contributed by atoms with E-state index in [1.807, 2.05) is 17.9 Å². The van der Waals surface area contributed by atoms with E-state index in [0.717, 1.165) is 24.2 Å². The zero-order valence-corrected chi connectivity index (χ0v) is 11.7. The summed E-state index contributed by atoms with van der Waals surface area (Å²) in [6, 6.07) is 5.42. The van der Waals surface area contributed by atoms with Crippen molar-refractivity contribution in [2.45, 2.75) is 13.3 Å². The number of nitrogens with one attached hydrogen (secondary N) is 1. The third kappa shape index (κ3) is 3.67. The van der Waals surface area contributed by atoms with E-state index in [4.69, 9.17) is 11.6 Å². The minimum Gasteiger partial charge on any atom is -0.325 e. The Kier molecular flexibility index (Phi) is 4.77. The van der Waals surface area contributed by atoms with Gasteiger partial charge in [0.1, 0.15) is 0 Å². The summed E-state index contributed by atoms with van der Waals surface area (Å²) in [5.74, 6) is 0.00517. The number of hydrogen-bond donors (Lipinski definition) is 1. The van der Waals surface area contributed by atoms with Crippen LogP contribution >= 0.6 is 11.6 Å². The summed E-state index contributed by atoms with van der Waals surface area (Å²) in [6.45, 7) is 3.33. The first-order chi connectivity index (χ1) is 9.10. The van der Waals surface area contributed by atoms with Crippen LogP contribution in [0.25, 0.3) is 0 Å². The van der Waals surface area contributed by atoms with Crippen LogP contribution in [-0.2, 0) is 4.79 Å². The maximum atomic E-state index is 12.5. The zero-order valence-electron chi connectivity index (χ0n) is 11.0. The molecule has 1 aromatic carbocycles. The van der Waals surface area contributed by atoms with Gasteiger partial charge < -0.3 is 5.32 Å². The highest BCUT2D eigenvalue weighted by atomic mass is 35.5. The largest absolute Gasteiger partial charge is 0.325 e. The van der Waals surface area contributed by atoms with Crippen molar-refractivity contribution in [3.05, 3.63) is 28.8 Å². The standard InChI is InChI=1S/C14H18ClFN2O/c1-10-12(15)3-2-4-13(10)17-14(19)9-18-6-5-11(7-16)8-18/h2-4,11H,5-9H2,1H3,(H,17,19). The number of likely N-dealkylation sites (tertiary alicyclic amines) is 1. The fraction of sp³-hybridized carbons (Fsp3) is 0.500. The molecule has 5 heteroatoms. The molecular weight excluding hydrogens is 267 g/mol. The molecule has 1 unspecified atom stereocenters. The predicted octanol–water partition coefficient (Wildman–Crippen LogP) is 2.88. The fourth-order valence-electron chi connectivity index (χ4n) is 2.32. The molecule has 1 N–H and O–H groups in total. The van der Waals surface area contributed by atoms with Crippen molar-refractivity contribution >= 4 is 23.2 Å². The smallest absolute Gasteiger partial charge is 0.238 e. The number of hydrogen-bond acceptors (Lipinski definition) is 2. The van der Waals surface area contributed by atoms with Crippen molar-refractivity contribution in [1.29, 1.82) is 0 Å². The number of carbonyl (C=O) groups excluding carboxylic acids is 1. The molecule has 1 aliphatic heterocycles. The molecule has 1 saturated heterocycles.